The number of benzene rings is 2. The molecule has 1 heterocycles. The second kappa shape index (κ2) is 8.46. The van der Waals surface area contributed by atoms with E-state index in [1.807, 2.05) is 76.2 Å². The van der Waals surface area contributed by atoms with Crippen molar-refractivity contribution in [3.63, 3.8) is 0 Å². The van der Waals surface area contributed by atoms with E-state index in [4.69, 9.17) is 20.9 Å². The zero-order valence-corrected chi connectivity index (χ0v) is 18.4. The first-order chi connectivity index (χ1) is 12.8. The Morgan fingerprint density at radius 1 is 0.963 bits per heavy atom. The molecule has 1 amide bonds. The van der Waals surface area contributed by atoms with Crippen molar-refractivity contribution in [2.75, 3.05) is 11.1 Å². The molecule has 0 N–H and O–H groups in total. The summed E-state index contributed by atoms with van der Waals surface area (Å²) in [7, 11) is 0. The van der Waals surface area contributed by atoms with Crippen LogP contribution >= 0.6 is 18.3 Å². The van der Waals surface area contributed by atoms with Gasteiger partial charge in [-0.3, -0.25) is 9.69 Å². The molecule has 3 rings (SSSR count). The molecule has 0 aromatic heterocycles. The maximum Gasteiger partial charge on any atom is 0.241 e. The summed E-state index contributed by atoms with van der Waals surface area (Å²) in [4.78, 5) is 17.3. The van der Waals surface area contributed by atoms with Gasteiger partial charge in [-0.2, -0.15) is 0 Å². The molecule has 0 fully saturated rings. The highest BCUT2D eigenvalue weighted by Gasteiger charge is 2.33. The number of carbonyl (C=O) groups is 1. The fraction of sp³-hybridized carbons (Fsp3) is 0.350. The molecule has 0 aliphatic carbocycles. The summed E-state index contributed by atoms with van der Waals surface area (Å²) in [5, 5.41) is 0. The molecule has 0 atom stereocenters. The van der Waals surface area contributed by atoms with Gasteiger partial charge in [-0.1, -0.05) is 36.0 Å². The number of hydrogen-bond donors (Lipinski definition) is 0. The third-order valence-electron chi connectivity index (χ3n) is 3.75. The molecule has 0 unspecified atom stereocenters. The van der Waals surface area contributed by atoms with Crippen molar-refractivity contribution in [1.82, 2.24) is 0 Å². The van der Waals surface area contributed by atoms with Crippen LogP contribution in [0, 0.1) is 0 Å². The van der Waals surface area contributed by atoms with Crippen LogP contribution in [0.3, 0.4) is 0 Å². The Bertz CT molecular complexity index is 826. The minimum Gasteiger partial charge on any atom is -0.326 e. The Kier molecular flexibility index (Phi) is 6.44. The Morgan fingerprint density at radius 3 is 1.85 bits per heavy atom. The van der Waals surface area contributed by atoms with Gasteiger partial charge in [-0.25, -0.2) is 0 Å². The van der Waals surface area contributed by atoms with Gasteiger partial charge in [0.25, 0.3) is 0 Å². The second-order valence-corrected chi connectivity index (χ2v) is 11.6. The predicted molar refractivity (Wildman–Crippen MR) is 116 cm³/mol. The van der Waals surface area contributed by atoms with E-state index in [1.165, 1.54) is 0 Å². The van der Waals surface area contributed by atoms with Gasteiger partial charge in [-0.05, 0) is 63.8 Å². The summed E-state index contributed by atoms with van der Waals surface area (Å²) in [6, 6.07) is 15.8. The highest BCUT2D eigenvalue weighted by atomic mass is 32.5. The van der Waals surface area contributed by atoms with E-state index in [1.54, 1.807) is 16.7 Å². The number of para-hydroxylation sites is 2. The highest BCUT2D eigenvalue weighted by molar-refractivity contribution is 8.10. The van der Waals surface area contributed by atoms with E-state index >= 15 is 0 Å². The second-order valence-electron chi connectivity index (χ2n) is 6.84. The lowest BCUT2D eigenvalue weighted by Crippen LogP contribution is -2.32. The van der Waals surface area contributed by atoms with Crippen molar-refractivity contribution in [1.29, 1.82) is 0 Å². The van der Waals surface area contributed by atoms with Gasteiger partial charge in [0.05, 0.1) is 23.6 Å². The number of carbonyl (C=O) groups excluding carboxylic acids is 1. The molecular formula is C20H24NO3PS2. The molecular weight excluding hydrogens is 397 g/mol. The lowest BCUT2D eigenvalue weighted by atomic mass is 10.2. The number of hydrogen-bond acceptors (Lipinski definition) is 5. The Morgan fingerprint density at radius 2 is 1.41 bits per heavy atom. The minimum atomic E-state index is -2.74. The normalized spacial score (nSPS) is 13.6. The average Bonchev–Trinajstić information content (AvgIpc) is 2.57. The van der Waals surface area contributed by atoms with Crippen molar-refractivity contribution in [3.8, 4) is 0 Å². The molecule has 144 valence electrons. The number of amides is 1. The fourth-order valence-corrected chi connectivity index (χ4v) is 7.33. The number of nitrogens with zero attached hydrogens (tertiary/aromatic N) is 1. The van der Waals surface area contributed by atoms with Crippen molar-refractivity contribution in [2.45, 2.75) is 49.7 Å². The molecule has 0 saturated heterocycles. The van der Waals surface area contributed by atoms with Crippen LogP contribution in [-0.4, -0.2) is 24.3 Å². The van der Waals surface area contributed by atoms with E-state index in [0.29, 0.717) is 0 Å². The molecule has 0 radical (unpaired) electrons. The van der Waals surface area contributed by atoms with Gasteiger partial charge in [-0.15, -0.1) is 0 Å². The Balaban J connectivity index is 1.97. The first-order valence-corrected chi connectivity index (χ1v) is 12.6. The standard InChI is InChI=1S/C20H24NO3PS2/c1-14(2)23-25(26,24-15(3)4)13-20(22)21-16-9-5-7-11-18(16)27-19-12-8-6-10-17(19)21/h5-12,14-15H,13H2,1-4H3. The SMILES string of the molecule is CC(C)OP(=S)(CC(=O)N1c2ccccc2Sc2ccccc21)OC(C)C. The van der Waals surface area contributed by atoms with Gasteiger partial charge >= 0.3 is 0 Å². The van der Waals surface area contributed by atoms with Crippen LogP contribution in [0.15, 0.2) is 58.3 Å². The van der Waals surface area contributed by atoms with Crippen LogP contribution in [0.5, 0.6) is 0 Å². The van der Waals surface area contributed by atoms with Gasteiger partial charge in [0, 0.05) is 9.79 Å². The quantitative estimate of drug-likeness (QED) is 0.537. The first-order valence-electron chi connectivity index (χ1n) is 8.94. The molecule has 0 spiro atoms. The summed E-state index contributed by atoms with van der Waals surface area (Å²) in [6.45, 7) is 4.91. The Labute approximate surface area is 170 Å². The fourth-order valence-electron chi connectivity index (χ4n) is 2.95. The minimum absolute atomic E-state index is 0.0615. The van der Waals surface area contributed by atoms with E-state index in [9.17, 15) is 4.79 Å². The zero-order valence-electron chi connectivity index (χ0n) is 15.9. The molecule has 4 nitrogen and oxygen atoms in total. The molecule has 7 heteroatoms. The van der Waals surface area contributed by atoms with E-state index in [0.717, 1.165) is 21.2 Å². The molecule has 2 aromatic rings. The first kappa shape index (κ1) is 20.6. The zero-order chi connectivity index (χ0) is 19.6. The summed E-state index contributed by atoms with van der Waals surface area (Å²) >= 11 is 7.38. The number of fused-ring (bicyclic) bond motifs is 2. The third kappa shape index (κ3) is 4.82. The summed E-state index contributed by atoms with van der Waals surface area (Å²) in [6.07, 6.45) is -0.135. The van der Waals surface area contributed by atoms with Crippen LogP contribution in [0.2, 0.25) is 0 Å². The topological polar surface area (TPSA) is 38.8 Å². The van der Waals surface area contributed by atoms with Crippen molar-refractivity contribution in [3.05, 3.63) is 48.5 Å². The van der Waals surface area contributed by atoms with Gasteiger partial charge in [0.2, 0.25) is 5.91 Å². The van der Waals surface area contributed by atoms with Crippen LogP contribution < -0.4 is 4.90 Å². The monoisotopic (exact) mass is 421 g/mol. The average molecular weight is 422 g/mol. The van der Waals surface area contributed by atoms with Crippen LogP contribution in [0.4, 0.5) is 11.4 Å². The van der Waals surface area contributed by atoms with Crippen LogP contribution in [0.25, 0.3) is 0 Å². The van der Waals surface area contributed by atoms with Gasteiger partial charge in [0.15, 0.2) is 6.49 Å². The molecule has 0 bridgehead atoms. The lowest BCUT2D eigenvalue weighted by molar-refractivity contribution is -0.115. The molecule has 1 aliphatic heterocycles. The largest absolute Gasteiger partial charge is 0.326 e. The van der Waals surface area contributed by atoms with E-state index in [-0.39, 0.29) is 24.3 Å². The maximum absolute atomic E-state index is 13.4. The molecule has 27 heavy (non-hydrogen) atoms. The number of anilines is 2. The lowest BCUT2D eigenvalue weighted by Gasteiger charge is -2.33. The smallest absolute Gasteiger partial charge is 0.241 e. The van der Waals surface area contributed by atoms with Crippen LogP contribution in [-0.2, 0) is 25.6 Å². The number of rotatable bonds is 6. The van der Waals surface area contributed by atoms with E-state index < -0.39 is 6.49 Å². The Hall–Kier alpha value is -1.17. The maximum atomic E-state index is 13.4. The highest BCUT2D eigenvalue weighted by Crippen LogP contribution is 2.53. The van der Waals surface area contributed by atoms with Crippen molar-refractivity contribution >= 4 is 47.3 Å². The van der Waals surface area contributed by atoms with Crippen LogP contribution in [0.1, 0.15) is 27.7 Å². The summed E-state index contributed by atoms with van der Waals surface area (Å²) in [5.74, 6) is -0.0974. The van der Waals surface area contributed by atoms with Crippen molar-refractivity contribution < 1.29 is 13.8 Å². The van der Waals surface area contributed by atoms with Gasteiger partial charge < -0.3 is 9.05 Å². The van der Waals surface area contributed by atoms with Crippen molar-refractivity contribution in [2.24, 2.45) is 0 Å². The van der Waals surface area contributed by atoms with Gasteiger partial charge in [0.1, 0.15) is 6.16 Å². The summed E-state index contributed by atoms with van der Waals surface area (Å²) < 4.78 is 11.9. The third-order valence-corrected chi connectivity index (χ3v) is 7.93. The molecule has 1 aliphatic rings. The summed E-state index contributed by atoms with van der Waals surface area (Å²) in [5.41, 5.74) is 1.75. The van der Waals surface area contributed by atoms with E-state index in [2.05, 4.69) is 0 Å². The molecule has 0 saturated carbocycles. The molecule has 2 aromatic carbocycles. The predicted octanol–water partition coefficient (Wildman–Crippen LogP) is 5.98.